The molecule has 0 aliphatic heterocycles. The van der Waals surface area contributed by atoms with Crippen LogP contribution in [0.5, 0.6) is 0 Å². The summed E-state index contributed by atoms with van der Waals surface area (Å²) < 4.78 is 0. The first-order valence-corrected chi connectivity index (χ1v) is 7.26. The molecule has 0 bridgehead atoms. The summed E-state index contributed by atoms with van der Waals surface area (Å²) in [5.74, 6) is 6.45. The Morgan fingerprint density at radius 3 is 2.21 bits per heavy atom. The molecule has 1 saturated carbocycles. The second-order valence-electron chi connectivity index (χ2n) is 4.79. The van der Waals surface area contributed by atoms with Gasteiger partial charge in [-0.15, -0.1) is 0 Å². The van der Waals surface area contributed by atoms with E-state index in [1.54, 1.807) is 0 Å². The van der Waals surface area contributed by atoms with Gasteiger partial charge in [0.25, 0.3) is 0 Å². The fourth-order valence-corrected chi connectivity index (χ4v) is 2.21. The Morgan fingerprint density at radius 1 is 1.11 bits per heavy atom. The average Bonchev–Trinajstić information content (AvgIpc) is 2.49. The van der Waals surface area contributed by atoms with E-state index >= 15 is 0 Å². The summed E-state index contributed by atoms with van der Waals surface area (Å²) in [6, 6.07) is 8.11. The van der Waals surface area contributed by atoms with Crippen LogP contribution in [-0.2, 0) is 0 Å². The molecule has 1 nitrogen and oxygen atoms in total. The monoisotopic (exact) mass is 255 g/mol. The van der Waals surface area contributed by atoms with E-state index in [1.807, 2.05) is 44.2 Å². The fourth-order valence-electron chi connectivity index (χ4n) is 2.21. The van der Waals surface area contributed by atoms with Gasteiger partial charge in [0.2, 0.25) is 0 Å². The van der Waals surface area contributed by atoms with Gasteiger partial charge in [-0.05, 0) is 30.5 Å². The van der Waals surface area contributed by atoms with E-state index in [0.29, 0.717) is 0 Å². The lowest BCUT2D eigenvalue weighted by Crippen LogP contribution is -2.40. The van der Waals surface area contributed by atoms with Gasteiger partial charge in [-0.2, -0.15) is 0 Å². The van der Waals surface area contributed by atoms with E-state index in [2.05, 4.69) is 18.4 Å². The normalized spacial score (nSPS) is 16.4. The Kier molecular flexibility index (Phi) is 6.39. The minimum Gasteiger partial charge on any atom is -0.315 e. The summed E-state index contributed by atoms with van der Waals surface area (Å²) in [7, 11) is 0. The summed E-state index contributed by atoms with van der Waals surface area (Å²) >= 11 is 0. The standard InChI is InChI=1S/C16H19N.C2H6/c1-2-14-6-8-15(9-7-14)10-13-16(17)11-4-3-5-12-16;1-2/h2,6-9H,1,3-5,11-12,17H2;1-2H3. The molecular weight excluding hydrogens is 230 g/mol. The third-order valence-electron chi connectivity index (χ3n) is 3.35. The highest BCUT2D eigenvalue weighted by Gasteiger charge is 2.24. The molecule has 0 atom stereocenters. The van der Waals surface area contributed by atoms with Crippen molar-refractivity contribution in [3.63, 3.8) is 0 Å². The predicted octanol–water partition coefficient (Wildman–Crippen LogP) is 4.37. The zero-order valence-electron chi connectivity index (χ0n) is 12.2. The van der Waals surface area contributed by atoms with E-state index in [-0.39, 0.29) is 5.54 Å². The van der Waals surface area contributed by atoms with Crippen molar-refractivity contribution in [2.45, 2.75) is 51.5 Å². The molecule has 1 aromatic rings. The highest BCUT2D eigenvalue weighted by atomic mass is 14.7. The first-order chi connectivity index (χ1) is 9.22. The van der Waals surface area contributed by atoms with Crippen LogP contribution in [0.25, 0.3) is 6.08 Å². The lowest BCUT2D eigenvalue weighted by Gasteiger charge is -2.27. The average molecular weight is 255 g/mol. The molecule has 0 saturated heterocycles. The van der Waals surface area contributed by atoms with Crippen molar-refractivity contribution < 1.29 is 0 Å². The van der Waals surface area contributed by atoms with Crippen LogP contribution in [0.2, 0.25) is 0 Å². The summed E-state index contributed by atoms with van der Waals surface area (Å²) in [4.78, 5) is 0. The third-order valence-corrected chi connectivity index (χ3v) is 3.35. The van der Waals surface area contributed by atoms with Gasteiger partial charge in [-0.25, -0.2) is 0 Å². The van der Waals surface area contributed by atoms with Crippen LogP contribution in [0.1, 0.15) is 57.1 Å². The van der Waals surface area contributed by atoms with E-state index in [1.165, 1.54) is 19.3 Å². The second-order valence-corrected chi connectivity index (χ2v) is 4.79. The molecule has 2 N–H and O–H groups in total. The molecular formula is C18H25N. The van der Waals surface area contributed by atoms with Crippen molar-refractivity contribution in [3.8, 4) is 11.8 Å². The van der Waals surface area contributed by atoms with Crippen LogP contribution < -0.4 is 5.73 Å². The van der Waals surface area contributed by atoms with E-state index in [0.717, 1.165) is 24.0 Å². The molecule has 1 heteroatoms. The van der Waals surface area contributed by atoms with E-state index < -0.39 is 0 Å². The molecule has 0 aromatic heterocycles. The van der Waals surface area contributed by atoms with Crippen LogP contribution in [-0.4, -0.2) is 5.54 Å². The molecule has 1 aromatic carbocycles. The Morgan fingerprint density at radius 2 is 1.68 bits per heavy atom. The maximum absolute atomic E-state index is 6.27. The van der Waals surface area contributed by atoms with Gasteiger partial charge in [0.1, 0.15) is 0 Å². The minimum absolute atomic E-state index is 0.255. The lowest BCUT2D eigenvalue weighted by atomic mass is 9.83. The summed E-state index contributed by atoms with van der Waals surface area (Å²) in [5, 5.41) is 0. The molecule has 1 aliphatic rings. The molecule has 2 rings (SSSR count). The molecule has 1 aliphatic carbocycles. The van der Waals surface area contributed by atoms with Crippen molar-refractivity contribution in [2.24, 2.45) is 5.73 Å². The molecule has 0 unspecified atom stereocenters. The molecule has 0 spiro atoms. The maximum Gasteiger partial charge on any atom is 0.0779 e. The zero-order chi connectivity index (χ0) is 14.1. The molecule has 102 valence electrons. The lowest BCUT2D eigenvalue weighted by molar-refractivity contribution is 0.370. The van der Waals surface area contributed by atoms with Crippen molar-refractivity contribution in [3.05, 3.63) is 42.0 Å². The third kappa shape index (κ3) is 4.93. The Labute approximate surface area is 117 Å². The first kappa shape index (κ1) is 15.5. The highest BCUT2D eigenvalue weighted by molar-refractivity contribution is 5.49. The summed E-state index contributed by atoms with van der Waals surface area (Å²) in [5.41, 5.74) is 8.17. The number of hydrogen-bond donors (Lipinski definition) is 1. The molecule has 19 heavy (non-hydrogen) atoms. The number of hydrogen-bond acceptors (Lipinski definition) is 1. The Bertz CT molecular complexity index is 439. The maximum atomic E-state index is 6.27. The number of rotatable bonds is 1. The predicted molar refractivity (Wildman–Crippen MR) is 84.8 cm³/mol. The Hall–Kier alpha value is -1.52. The summed E-state index contributed by atoms with van der Waals surface area (Å²) in [6.45, 7) is 7.74. The highest BCUT2D eigenvalue weighted by Crippen LogP contribution is 2.25. The van der Waals surface area contributed by atoms with Gasteiger partial charge in [0.05, 0.1) is 5.54 Å². The quantitative estimate of drug-likeness (QED) is 0.741. The first-order valence-electron chi connectivity index (χ1n) is 7.26. The van der Waals surface area contributed by atoms with Crippen molar-refractivity contribution in [2.75, 3.05) is 0 Å². The van der Waals surface area contributed by atoms with Crippen LogP contribution in [0.15, 0.2) is 30.8 Å². The van der Waals surface area contributed by atoms with Gasteiger partial charge in [0.15, 0.2) is 0 Å². The minimum atomic E-state index is -0.255. The van der Waals surface area contributed by atoms with Gasteiger partial charge in [-0.1, -0.05) is 69.7 Å². The van der Waals surface area contributed by atoms with Gasteiger partial charge in [-0.3, -0.25) is 0 Å². The van der Waals surface area contributed by atoms with Crippen LogP contribution in [0, 0.1) is 11.8 Å². The summed E-state index contributed by atoms with van der Waals surface area (Å²) in [6.07, 6.45) is 7.62. The number of nitrogens with two attached hydrogens (primary N) is 1. The molecule has 1 fully saturated rings. The van der Waals surface area contributed by atoms with Crippen molar-refractivity contribution in [1.29, 1.82) is 0 Å². The van der Waals surface area contributed by atoms with Crippen molar-refractivity contribution in [1.82, 2.24) is 0 Å². The van der Waals surface area contributed by atoms with Gasteiger partial charge >= 0.3 is 0 Å². The topological polar surface area (TPSA) is 26.0 Å². The zero-order valence-corrected chi connectivity index (χ0v) is 12.2. The number of benzene rings is 1. The van der Waals surface area contributed by atoms with Crippen LogP contribution in [0.3, 0.4) is 0 Å². The van der Waals surface area contributed by atoms with Gasteiger partial charge < -0.3 is 5.73 Å². The second kappa shape index (κ2) is 7.81. The van der Waals surface area contributed by atoms with Gasteiger partial charge in [0, 0.05) is 5.56 Å². The smallest absolute Gasteiger partial charge is 0.0779 e. The van der Waals surface area contributed by atoms with E-state index in [4.69, 9.17) is 5.73 Å². The van der Waals surface area contributed by atoms with Crippen LogP contribution >= 0.6 is 0 Å². The molecule has 0 radical (unpaired) electrons. The molecule has 0 amide bonds. The van der Waals surface area contributed by atoms with E-state index in [9.17, 15) is 0 Å². The van der Waals surface area contributed by atoms with Crippen molar-refractivity contribution >= 4 is 6.08 Å². The van der Waals surface area contributed by atoms with Crippen LogP contribution in [0.4, 0.5) is 0 Å². The SMILES string of the molecule is C=Cc1ccc(C#CC2(N)CCCCC2)cc1.CC. The fraction of sp³-hybridized carbons (Fsp3) is 0.444. The Balaban J connectivity index is 0.000000861. The molecule has 0 heterocycles. The largest absolute Gasteiger partial charge is 0.315 e.